The molecule has 0 saturated heterocycles. The lowest BCUT2D eigenvalue weighted by Gasteiger charge is -2.23. The quantitative estimate of drug-likeness (QED) is 0.715. The number of amides is 2. The van der Waals surface area contributed by atoms with E-state index in [1.807, 2.05) is 0 Å². The van der Waals surface area contributed by atoms with E-state index in [1.165, 1.54) is 6.07 Å². The van der Waals surface area contributed by atoms with Gasteiger partial charge in [-0.2, -0.15) is 13.2 Å². The zero-order valence-electron chi connectivity index (χ0n) is 14.5. The van der Waals surface area contributed by atoms with Crippen LogP contribution >= 0.6 is 0 Å². The fraction of sp³-hybridized carbons (Fsp3) is 0.500. The maximum atomic E-state index is 12.9. The van der Waals surface area contributed by atoms with Crippen LogP contribution in [0.3, 0.4) is 0 Å². The van der Waals surface area contributed by atoms with Gasteiger partial charge in [-0.15, -0.1) is 0 Å². The summed E-state index contributed by atoms with van der Waals surface area (Å²) in [7, 11) is 0. The highest BCUT2D eigenvalue weighted by Gasteiger charge is 2.34. The summed E-state index contributed by atoms with van der Waals surface area (Å²) in [6, 6.07) is 2.23. The number of anilines is 2. The van der Waals surface area contributed by atoms with Crippen molar-refractivity contribution in [2.45, 2.75) is 51.9 Å². The average molecular weight is 361 g/mol. The number of benzene rings is 1. The van der Waals surface area contributed by atoms with Gasteiger partial charge in [-0.1, -0.05) is 13.0 Å². The zero-order valence-corrected chi connectivity index (χ0v) is 14.5. The molecule has 1 aromatic rings. The first-order valence-corrected chi connectivity index (χ1v) is 7.61. The SMILES string of the molecule is CC[C@H](NC(=O)OC(C)(C)C)C(=O)Nc1cccc(C(F)(F)F)c1N. The topological polar surface area (TPSA) is 93.4 Å². The van der Waals surface area contributed by atoms with Crippen molar-refractivity contribution in [3.8, 4) is 0 Å². The van der Waals surface area contributed by atoms with E-state index in [-0.39, 0.29) is 12.1 Å². The molecule has 0 heterocycles. The van der Waals surface area contributed by atoms with Crippen LogP contribution in [0.2, 0.25) is 0 Å². The van der Waals surface area contributed by atoms with Crippen LogP contribution in [0.15, 0.2) is 18.2 Å². The van der Waals surface area contributed by atoms with E-state index in [9.17, 15) is 22.8 Å². The van der Waals surface area contributed by atoms with Gasteiger partial charge in [-0.25, -0.2) is 4.79 Å². The lowest BCUT2D eigenvalue weighted by Crippen LogP contribution is -2.45. The van der Waals surface area contributed by atoms with Crippen LogP contribution < -0.4 is 16.4 Å². The standard InChI is InChI=1S/C16H22F3N3O3/c1-5-10(22-14(24)25-15(2,3)4)13(23)21-11-8-6-7-9(12(11)20)16(17,18)19/h6-8,10H,5,20H2,1-4H3,(H,21,23)(H,22,24)/t10-/m0/s1. The van der Waals surface area contributed by atoms with Crippen LogP contribution in [0.5, 0.6) is 0 Å². The molecule has 0 aromatic heterocycles. The molecule has 25 heavy (non-hydrogen) atoms. The molecule has 6 nitrogen and oxygen atoms in total. The summed E-state index contributed by atoms with van der Waals surface area (Å²) < 4.78 is 43.6. The number of nitrogen functional groups attached to an aromatic ring is 1. The summed E-state index contributed by atoms with van der Waals surface area (Å²) >= 11 is 0. The second-order valence-electron chi connectivity index (χ2n) is 6.36. The Bertz CT molecular complexity index is 640. The summed E-state index contributed by atoms with van der Waals surface area (Å²) in [4.78, 5) is 24.0. The van der Waals surface area contributed by atoms with Crippen molar-refractivity contribution >= 4 is 23.4 Å². The van der Waals surface area contributed by atoms with Gasteiger partial charge in [0.2, 0.25) is 5.91 Å². The van der Waals surface area contributed by atoms with Gasteiger partial charge in [0, 0.05) is 0 Å². The zero-order chi connectivity index (χ0) is 19.4. The van der Waals surface area contributed by atoms with E-state index in [1.54, 1.807) is 27.7 Å². The van der Waals surface area contributed by atoms with E-state index in [0.29, 0.717) is 0 Å². The second-order valence-corrected chi connectivity index (χ2v) is 6.36. The number of alkyl halides is 3. The molecule has 0 aliphatic rings. The molecular formula is C16H22F3N3O3. The van der Waals surface area contributed by atoms with Crippen LogP contribution in [0.1, 0.15) is 39.7 Å². The summed E-state index contributed by atoms with van der Waals surface area (Å²) in [6.07, 6.45) is -5.22. The maximum Gasteiger partial charge on any atom is 0.418 e. The van der Waals surface area contributed by atoms with Gasteiger partial charge < -0.3 is 21.1 Å². The minimum absolute atomic E-state index is 0.177. The lowest BCUT2D eigenvalue weighted by atomic mass is 10.1. The maximum absolute atomic E-state index is 12.9. The third kappa shape index (κ3) is 6.17. The third-order valence-electron chi connectivity index (χ3n) is 3.09. The van der Waals surface area contributed by atoms with Crippen molar-refractivity contribution in [2.24, 2.45) is 0 Å². The summed E-state index contributed by atoms with van der Waals surface area (Å²) in [5.41, 5.74) is 2.94. The highest BCUT2D eigenvalue weighted by Crippen LogP contribution is 2.36. The number of halogens is 3. The first-order valence-electron chi connectivity index (χ1n) is 7.61. The average Bonchev–Trinajstić information content (AvgIpc) is 2.43. The highest BCUT2D eigenvalue weighted by molar-refractivity contribution is 5.99. The normalized spacial score (nSPS) is 13.1. The molecule has 140 valence electrons. The predicted molar refractivity (Wildman–Crippen MR) is 87.9 cm³/mol. The molecule has 9 heteroatoms. The van der Waals surface area contributed by atoms with Crippen molar-refractivity contribution < 1.29 is 27.5 Å². The number of nitrogens with one attached hydrogen (secondary N) is 2. The molecule has 0 aliphatic heterocycles. The Balaban J connectivity index is 2.88. The molecule has 2 amide bonds. The molecular weight excluding hydrogens is 339 g/mol. The Kier molecular flexibility index (Phi) is 6.28. The fourth-order valence-corrected chi connectivity index (χ4v) is 1.94. The second kappa shape index (κ2) is 7.62. The number of carbonyl (C=O) groups excluding carboxylic acids is 2. The molecule has 0 radical (unpaired) electrons. The number of rotatable bonds is 4. The van der Waals surface area contributed by atoms with Crippen LogP contribution in [-0.4, -0.2) is 23.6 Å². The molecule has 0 saturated carbocycles. The first-order chi connectivity index (χ1) is 11.3. The monoisotopic (exact) mass is 361 g/mol. The van der Waals surface area contributed by atoms with Gasteiger partial charge in [-0.3, -0.25) is 4.79 Å². The van der Waals surface area contributed by atoms with E-state index < -0.39 is 41.1 Å². The summed E-state index contributed by atoms with van der Waals surface area (Å²) in [5, 5.41) is 4.68. The van der Waals surface area contributed by atoms with Crippen LogP contribution in [0, 0.1) is 0 Å². The molecule has 0 spiro atoms. The van der Waals surface area contributed by atoms with Crippen LogP contribution in [0.25, 0.3) is 0 Å². The molecule has 1 atom stereocenters. The van der Waals surface area contributed by atoms with Gasteiger partial charge in [0.1, 0.15) is 11.6 Å². The van der Waals surface area contributed by atoms with Gasteiger partial charge in [-0.05, 0) is 39.3 Å². The van der Waals surface area contributed by atoms with Gasteiger partial charge in [0.15, 0.2) is 0 Å². The number of alkyl carbamates (subject to hydrolysis) is 1. The third-order valence-corrected chi connectivity index (χ3v) is 3.09. The van der Waals surface area contributed by atoms with E-state index in [4.69, 9.17) is 10.5 Å². The highest BCUT2D eigenvalue weighted by atomic mass is 19.4. The van der Waals surface area contributed by atoms with Crippen molar-refractivity contribution in [3.05, 3.63) is 23.8 Å². The van der Waals surface area contributed by atoms with Crippen molar-refractivity contribution in [1.82, 2.24) is 5.32 Å². The lowest BCUT2D eigenvalue weighted by molar-refractivity contribution is -0.137. The minimum Gasteiger partial charge on any atom is -0.444 e. The van der Waals surface area contributed by atoms with Gasteiger partial charge in [0.25, 0.3) is 0 Å². The largest absolute Gasteiger partial charge is 0.444 e. The van der Waals surface area contributed by atoms with Crippen molar-refractivity contribution in [3.63, 3.8) is 0 Å². The molecule has 4 N–H and O–H groups in total. The molecule has 1 aromatic carbocycles. The van der Waals surface area contributed by atoms with E-state index in [2.05, 4.69) is 10.6 Å². The number of nitrogens with two attached hydrogens (primary N) is 1. The minimum atomic E-state index is -4.64. The first kappa shape index (κ1) is 20.6. The molecule has 0 fully saturated rings. The number of hydrogen-bond donors (Lipinski definition) is 3. The van der Waals surface area contributed by atoms with Crippen LogP contribution in [-0.2, 0) is 15.7 Å². The van der Waals surface area contributed by atoms with Crippen molar-refractivity contribution in [1.29, 1.82) is 0 Å². The summed E-state index contributed by atoms with van der Waals surface area (Å²) in [6.45, 7) is 6.63. The molecule has 1 rings (SSSR count). The van der Waals surface area contributed by atoms with Gasteiger partial charge >= 0.3 is 12.3 Å². The Morgan fingerprint density at radius 2 is 1.84 bits per heavy atom. The number of ether oxygens (including phenoxy) is 1. The van der Waals surface area contributed by atoms with E-state index in [0.717, 1.165) is 12.1 Å². The molecule has 0 bridgehead atoms. The number of carbonyl (C=O) groups is 2. The van der Waals surface area contributed by atoms with E-state index >= 15 is 0 Å². The Morgan fingerprint density at radius 3 is 2.32 bits per heavy atom. The Hall–Kier alpha value is -2.45. The van der Waals surface area contributed by atoms with Crippen LogP contribution in [0.4, 0.5) is 29.3 Å². The molecule has 0 unspecified atom stereocenters. The Morgan fingerprint density at radius 1 is 1.24 bits per heavy atom. The fourth-order valence-electron chi connectivity index (χ4n) is 1.94. The Labute approximate surface area is 143 Å². The van der Waals surface area contributed by atoms with Crippen molar-refractivity contribution in [2.75, 3.05) is 11.1 Å². The number of hydrogen-bond acceptors (Lipinski definition) is 4. The smallest absolute Gasteiger partial charge is 0.418 e. The summed E-state index contributed by atoms with van der Waals surface area (Å²) in [5.74, 6) is -0.695. The predicted octanol–water partition coefficient (Wildman–Crippen LogP) is 3.53. The molecule has 0 aliphatic carbocycles. The number of para-hydroxylation sites is 1. The van der Waals surface area contributed by atoms with Gasteiger partial charge in [0.05, 0.1) is 16.9 Å².